The predicted octanol–water partition coefficient (Wildman–Crippen LogP) is -0.881. The van der Waals surface area contributed by atoms with Gasteiger partial charge in [-0.05, 0) is 26.2 Å². The second-order valence-corrected chi connectivity index (χ2v) is 8.25. The number of rotatable bonds is 0. The molecule has 6 nitrogen and oxygen atoms in total. The van der Waals surface area contributed by atoms with Crippen molar-refractivity contribution in [2.24, 2.45) is 16.2 Å². The average Bonchev–Trinajstić information content (AvgIpc) is 2.74. The molecule has 1 heterocycles. The molecule has 4 aliphatic carbocycles. The minimum absolute atomic E-state index is 0.0441. The van der Waals surface area contributed by atoms with E-state index in [1.165, 1.54) is 0 Å². The Balaban J connectivity index is 2.10. The minimum Gasteiger partial charge on any atom is -0.392 e. The van der Waals surface area contributed by atoms with Crippen LogP contribution in [0.25, 0.3) is 0 Å². The fourth-order valence-corrected chi connectivity index (χ4v) is 6.42. The first-order valence-corrected chi connectivity index (χ1v) is 7.62. The standard InChI is InChI=1S/C15H24O6/c1-10-7-21-15(20)9(17)13(6-8(16)12(10,15)3)11(2,18)4-5-14(10,13)19/h8-9,16-20H,4-7H2,1-3H3/t8?,9-,10-,11+,12?,13-,14+,15-/m1/s1. The first kappa shape index (κ1) is 14.4. The molecule has 1 spiro atoms. The summed E-state index contributed by atoms with van der Waals surface area (Å²) < 4.78 is 5.55. The molecule has 4 bridgehead atoms. The first-order valence-electron chi connectivity index (χ1n) is 7.62. The largest absolute Gasteiger partial charge is 0.392 e. The van der Waals surface area contributed by atoms with E-state index < -0.39 is 45.4 Å². The van der Waals surface area contributed by atoms with Crippen LogP contribution in [-0.2, 0) is 4.74 Å². The smallest absolute Gasteiger partial charge is 0.201 e. The molecule has 0 aromatic rings. The van der Waals surface area contributed by atoms with Gasteiger partial charge in [0.05, 0.1) is 34.7 Å². The van der Waals surface area contributed by atoms with Gasteiger partial charge >= 0.3 is 0 Å². The molecular weight excluding hydrogens is 276 g/mol. The molecule has 8 atom stereocenters. The molecule has 0 amide bonds. The first-order chi connectivity index (χ1) is 9.45. The highest BCUT2D eigenvalue weighted by molar-refractivity contribution is 5.39. The second-order valence-electron chi connectivity index (χ2n) is 8.25. The minimum atomic E-state index is -1.96. The average molecular weight is 300 g/mol. The van der Waals surface area contributed by atoms with E-state index in [2.05, 4.69) is 0 Å². The van der Waals surface area contributed by atoms with Crippen molar-refractivity contribution >= 4 is 0 Å². The molecular formula is C15H24O6. The summed E-state index contributed by atoms with van der Waals surface area (Å²) in [6.45, 7) is 5.07. The monoisotopic (exact) mass is 300 g/mol. The van der Waals surface area contributed by atoms with Crippen molar-refractivity contribution in [1.82, 2.24) is 0 Å². The van der Waals surface area contributed by atoms with Gasteiger partial charge in [0.2, 0.25) is 5.79 Å². The normalized spacial score (nSPS) is 72.0. The summed E-state index contributed by atoms with van der Waals surface area (Å²) in [7, 11) is 0. The van der Waals surface area contributed by atoms with Crippen molar-refractivity contribution in [1.29, 1.82) is 0 Å². The lowest BCUT2D eigenvalue weighted by molar-refractivity contribution is -0.424. The topological polar surface area (TPSA) is 110 Å². The summed E-state index contributed by atoms with van der Waals surface area (Å²) in [6.07, 6.45) is -1.74. The number of aliphatic hydroxyl groups excluding tert-OH is 2. The molecule has 2 unspecified atom stereocenters. The molecule has 5 fully saturated rings. The summed E-state index contributed by atoms with van der Waals surface area (Å²) >= 11 is 0. The van der Waals surface area contributed by atoms with Crippen molar-refractivity contribution in [3.8, 4) is 0 Å². The highest BCUT2D eigenvalue weighted by Crippen LogP contribution is 2.81. The molecule has 6 heteroatoms. The van der Waals surface area contributed by atoms with Crippen LogP contribution in [-0.4, -0.2) is 61.3 Å². The van der Waals surface area contributed by atoms with Crippen LogP contribution in [0.4, 0.5) is 0 Å². The van der Waals surface area contributed by atoms with Gasteiger partial charge < -0.3 is 30.3 Å². The fraction of sp³-hybridized carbons (Fsp3) is 1.00. The molecule has 4 saturated carbocycles. The second kappa shape index (κ2) is 3.18. The van der Waals surface area contributed by atoms with E-state index in [-0.39, 0.29) is 13.0 Å². The number of fused-ring (bicyclic) bond motifs is 1. The van der Waals surface area contributed by atoms with Crippen molar-refractivity contribution in [3.05, 3.63) is 0 Å². The van der Waals surface area contributed by atoms with Crippen LogP contribution in [0.1, 0.15) is 40.0 Å². The van der Waals surface area contributed by atoms with E-state index in [4.69, 9.17) is 4.74 Å². The zero-order valence-corrected chi connectivity index (χ0v) is 12.6. The Bertz CT molecular complexity index is 536. The van der Waals surface area contributed by atoms with Crippen molar-refractivity contribution in [2.45, 2.75) is 69.2 Å². The quantitative estimate of drug-likeness (QED) is 0.397. The SMILES string of the molecule is CC12C(O)C[C@]34[C@@H](O)[C@@]1(O)OC[C@@]2(C)[C@@]3(O)CC[C@]4(C)O. The van der Waals surface area contributed by atoms with Gasteiger partial charge in [0.15, 0.2) is 0 Å². The summed E-state index contributed by atoms with van der Waals surface area (Å²) in [5.74, 6) is -1.96. The Kier molecular flexibility index (Phi) is 2.17. The third-order valence-corrected chi connectivity index (χ3v) is 8.08. The van der Waals surface area contributed by atoms with Gasteiger partial charge in [-0.15, -0.1) is 0 Å². The Labute approximate surface area is 123 Å². The van der Waals surface area contributed by atoms with E-state index >= 15 is 0 Å². The molecule has 1 saturated heterocycles. The fourth-order valence-electron chi connectivity index (χ4n) is 6.42. The van der Waals surface area contributed by atoms with Crippen LogP contribution in [0.2, 0.25) is 0 Å². The van der Waals surface area contributed by atoms with Gasteiger partial charge in [0.1, 0.15) is 6.10 Å². The van der Waals surface area contributed by atoms with Gasteiger partial charge in [-0.1, -0.05) is 13.8 Å². The number of hydrogen-bond acceptors (Lipinski definition) is 6. The summed E-state index contributed by atoms with van der Waals surface area (Å²) in [6, 6.07) is 0. The van der Waals surface area contributed by atoms with Gasteiger partial charge in [0.25, 0.3) is 0 Å². The Hall–Kier alpha value is -0.240. The van der Waals surface area contributed by atoms with Crippen LogP contribution >= 0.6 is 0 Å². The zero-order chi connectivity index (χ0) is 15.7. The Morgan fingerprint density at radius 3 is 2.24 bits per heavy atom. The molecule has 1 aliphatic heterocycles. The molecule has 5 aliphatic rings. The van der Waals surface area contributed by atoms with E-state index in [1.54, 1.807) is 20.8 Å². The van der Waals surface area contributed by atoms with E-state index in [0.717, 1.165) is 0 Å². The summed E-state index contributed by atoms with van der Waals surface area (Å²) in [4.78, 5) is 0. The van der Waals surface area contributed by atoms with E-state index in [1.807, 2.05) is 0 Å². The van der Waals surface area contributed by atoms with Crippen LogP contribution in [0, 0.1) is 16.2 Å². The van der Waals surface area contributed by atoms with Crippen LogP contribution in [0.5, 0.6) is 0 Å². The maximum Gasteiger partial charge on any atom is 0.201 e. The van der Waals surface area contributed by atoms with E-state index in [9.17, 15) is 25.5 Å². The predicted molar refractivity (Wildman–Crippen MR) is 71.0 cm³/mol. The lowest BCUT2D eigenvalue weighted by Crippen LogP contribution is -2.86. The number of aliphatic hydroxyl groups is 5. The molecule has 21 heavy (non-hydrogen) atoms. The third-order valence-electron chi connectivity index (χ3n) is 8.08. The highest BCUT2D eigenvalue weighted by atomic mass is 16.7. The molecule has 120 valence electrons. The van der Waals surface area contributed by atoms with Crippen molar-refractivity contribution < 1.29 is 30.3 Å². The third kappa shape index (κ3) is 0.932. The van der Waals surface area contributed by atoms with Gasteiger partial charge in [-0.2, -0.15) is 0 Å². The molecule has 0 aromatic heterocycles. The summed E-state index contributed by atoms with van der Waals surface area (Å²) in [5, 5.41) is 55.0. The van der Waals surface area contributed by atoms with Crippen LogP contribution in [0.3, 0.4) is 0 Å². The molecule has 5 N–H and O–H groups in total. The van der Waals surface area contributed by atoms with E-state index in [0.29, 0.717) is 12.8 Å². The zero-order valence-electron chi connectivity index (χ0n) is 12.6. The lowest BCUT2D eigenvalue weighted by atomic mass is 9.34. The van der Waals surface area contributed by atoms with Crippen LogP contribution < -0.4 is 0 Å². The maximum atomic E-state index is 11.5. The Morgan fingerprint density at radius 2 is 1.62 bits per heavy atom. The molecule has 0 aromatic carbocycles. The molecule has 5 rings (SSSR count). The summed E-state index contributed by atoms with van der Waals surface area (Å²) in [5.41, 5.74) is -6.29. The highest BCUT2D eigenvalue weighted by Gasteiger charge is 2.93. The van der Waals surface area contributed by atoms with Gasteiger partial charge in [-0.3, -0.25) is 0 Å². The lowest BCUT2D eigenvalue weighted by Gasteiger charge is -2.73. The number of ether oxygens (including phenoxy) is 1. The maximum absolute atomic E-state index is 11.5. The number of hydrogen-bond donors (Lipinski definition) is 5. The Morgan fingerprint density at radius 1 is 1.00 bits per heavy atom. The van der Waals surface area contributed by atoms with Crippen LogP contribution in [0.15, 0.2) is 0 Å². The van der Waals surface area contributed by atoms with Gasteiger partial charge in [0, 0.05) is 5.41 Å². The van der Waals surface area contributed by atoms with Gasteiger partial charge in [-0.25, -0.2) is 0 Å². The molecule has 0 radical (unpaired) electrons. The van der Waals surface area contributed by atoms with Crippen molar-refractivity contribution in [3.63, 3.8) is 0 Å². The van der Waals surface area contributed by atoms with Crippen molar-refractivity contribution in [2.75, 3.05) is 6.61 Å².